The number of aryl methyl sites for hydroxylation is 1. The lowest BCUT2D eigenvalue weighted by Gasteiger charge is -2.10. The molecule has 0 bridgehead atoms. The Hall–Kier alpha value is -2.69. The third-order valence-corrected chi connectivity index (χ3v) is 3.17. The van der Waals surface area contributed by atoms with Crippen molar-refractivity contribution in [1.82, 2.24) is 20.2 Å². The van der Waals surface area contributed by atoms with Crippen molar-refractivity contribution >= 4 is 11.5 Å². The zero-order chi connectivity index (χ0) is 13.9. The first kappa shape index (κ1) is 12.3. The van der Waals surface area contributed by atoms with Gasteiger partial charge in [0.2, 0.25) is 0 Å². The van der Waals surface area contributed by atoms with Crippen LogP contribution in [0.25, 0.3) is 11.3 Å². The van der Waals surface area contributed by atoms with Crippen LogP contribution < -0.4 is 5.32 Å². The fraction of sp³-hybridized carbons (Fsp3) is 0.133. The molecule has 3 rings (SSSR count). The molecule has 20 heavy (non-hydrogen) atoms. The lowest BCUT2D eigenvalue weighted by molar-refractivity contribution is 1.09. The quantitative estimate of drug-likeness (QED) is 0.763. The summed E-state index contributed by atoms with van der Waals surface area (Å²) in [5, 5.41) is 10.1. The summed E-state index contributed by atoms with van der Waals surface area (Å²) in [6, 6.07) is 8.20. The molecule has 0 aliphatic carbocycles. The van der Waals surface area contributed by atoms with Gasteiger partial charge in [0.15, 0.2) is 0 Å². The van der Waals surface area contributed by atoms with E-state index in [1.807, 2.05) is 25.3 Å². The lowest BCUT2D eigenvalue weighted by Crippen LogP contribution is -1.99. The summed E-state index contributed by atoms with van der Waals surface area (Å²) in [5.41, 5.74) is 5.07. The molecule has 2 N–H and O–H groups in total. The van der Waals surface area contributed by atoms with Crippen LogP contribution in [0.1, 0.15) is 11.1 Å². The molecule has 0 aliphatic heterocycles. The molecule has 2 heterocycles. The molecule has 5 nitrogen and oxygen atoms in total. The molecular formula is C15H15N5. The van der Waals surface area contributed by atoms with Gasteiger partial charge in [0.05, 0.1) is 11.9 Å². The van der Waals surface area contributed by atoms with Gasteiger partial charge in [-0.15, -0.1) is 0 Å². The molecule has 2 aromatic heterocycles. The highest BCUT2D eigenvalue weighted by atomic mass is 15.1. The van der Waals surface area contributed by atoms with Crippen molar-refractivity contribution in [3.63, 3.8) is 0 Å². The number of nitrogens with zero attached hydrogens (tertiary/aromatic N) is 3. The molecule has 0 radical (unpaired) electrons. The van der Waals surface area contributed by atoms with E-state index in [-0.39, 0.29) is 0 Å². The van der Waals surface area contributed by atoms with E-state index in [2.05, 4.69) is 44.5 Å². The number of rotatable bonds is 3. The molecule has 0 amide bonds. The average Bonchev–Trinajstić information content (AvgIpc) is 2.97. The van der Waals surface area contributed by atoms with E-state index in [9.17, 15) is 0 Å². The second kappa shape index (κ2) is 5.13. The zero-order valence-electron chi connectivity index (χ0n) is 11.4. The second-order valence-corrected chi connectivity index (χ2v) is 4.67. The smallest absolute Gasteiger partial charge is 0.137 e. The van der Waals surface area contributed by atoms with E-state index < -0.39 is 0 Å². The number of hydrogen-bond acceptors (Lipinski definition) is 4. The fourth-order valence-electron chi connectivity index (χ4n) is 2.02. The van der Waals surface area contributed by atoms with Crippen molar-refractivity contribution in [3.05, 3.63) is 54.1 Å². The van der Waals surface area contributed by atoms with Crippen molar-refractivity contribution in [2.24, 2.45) is 0 Å². The van der Waals surface area contributed by atoms with Crippen molar-refractivity contribution in [2.75, 3.05) is 5.32 Å². The molecule has 0 spiro atoms. The maximum atomic E-state index is 4.33. The molecule has 3 aromatic rings. The Morgan fingerprint density at radius 1 is 1.05 bits per heavy atom. The Kier molecular flexibility index (Phi) is 3.16. The first-order valence-electron chi connectivity index (χ1n) is 6.38. The fourth-order valence-corrected chi connectivity index (χ4v) is 2.02. The molecule has 0 unspecified atom stereocenters. The van der Waals surface area contributed by atoms with Crippen molar-refractivity contribution in [1.29, 1.82) is 0 Å². The maximum absolute atomic E-state index is 4.33. The van der Waals surface area contributed by atoms with Crippen LogP contribution in [-0.2, 0) is 0 Å². The normalized spacial score (nSPS) is 10.5. The highest BCUT2D eigenvalue weighted by Gasteiger charge is 2.10. The topological polar surface area (TPSA) is 66.5 Å². The van der Waals surface area contributed by atoms with Gasteiger partial charge in [-0.05, 0) is 26.0 Å². The third-order valence-electron chi connectivity index (χ3n) is 3.17. The minimum Gasteiger partial charge on any atom is -0.340 e. The summed E-state index contributed by atoms with van der Waals surface area (Å²) >= 11 is 0. The van der Waals surface area contributed by atoms with Crippen molar-refractivity contribution in [3.8, 4) is 11.3 Å². The SMILES string of the molecule is Cc1ccc(Nc2ncnc(-c3cn[nH]c3)c2C)cc1. The largest absolute Gasteiger partial charge is 0.340 e. The highest BCUT2D eigenvalue weighted by Crippen LogP contribution is 2.25. The van der Waals surface area contributed by atoms with Crippen LogP contribution in [0, 0.1) is 13.8 Å². The summed E-state index contributed by atoms with van der Waals surface area (Å²) in [6.07, 6.45) is 5.14. The zero-order valence-corrected chi connectivity index (χ0v) is 11.4. The predicted octanol–water partition coefficient (Wildman–Crippen LogP) is 3.23. The standard InChI is InChI=1S/C15H15N5/c1-10-3-5-13(6-4-10)20-15-11(2)14(16-9-17-15)12-7-18-19-8-12/h3-9H,1-2H3,(H,18,19)(H,16,17,20). The number of aromatic nitrogens is 4. The Bertz CT molecular complexity index is 702. The Morgan fingerprint density at radius 3 is 2.55 bits per heavy atom. The number of hydrogen-bond donors (Lipinski definition) is 2. The van der Waals surface area contributed by atoms with Gasteiger partial charge in [-0.2, -0.15) is 5.10 Å². The summed E-state index contributed by atoms with van der Waals surface area (Å²) in [7, 11) is 0. The van der Waals surface area contributed by atoms with E-state index in [1.165, 1.54) is 5.56 Å². The van der Waals surface area contributed by atoms with E-state index >= 15 is 0 Å². The second-order valence-electron chi connectivity index (χ2n) is 4.67. The first-order chi connectivity index (χ1) is 9.74. The molecule has 0 aliphatic rings. The first-order valence-corrected chi connectivity index (χ1v) is 6.38. The van der Waals surface area contributed by atoms with E-state index in [4.69, 9.17) is 0 Å². The molecule has 5 heteroatoms. The summed E-state index contributed by atoms with van der Waals surface area (Å²) in [6.45, 7) is 4.07. The minimum absolute atomic E-state index is 0.806. The number of nitrogens with one attached hydrogen (secondary N) is 2. The summed E-state index contributed by atoms with van der Waals surface area (Å²) in [4.78, 5) is 8.64. The number of aromatic amines is 1. The molecule has 0 fully saturated rings. The van der Waals surface area contributed by atoms with Gasteiger partial charge >= 0.3 is 0 Å². The number of anilines is 2. The summed E-state index contributed by atoms with van der Waals surface area (Å²) < 4.78 is 0. The van der Waals surface area contributed by atoms with Crippen molar-refractivity contribution in [2.45, 2.75) is 13.8 Å². The van der Waals surface area contributed by atoms with E-state index in [0.29, 0.717) is 0 Å². The van der Waals surface area contributed by atoms with Crippen LogP contribution in [0.2, 0.25) is 0 Å². The van der Waals surface area contributed by atoms with Crippen LogP contribution in [0.15, 0.2) is 43.0 Å². The third kappa shape index (κ3) is 2.38. The Balaban J connectivity index is 1.94. The number of H-pyrrole nitrogens is 1. The van der Waals surface area contributed by atoms with Gasteiger partial charge in [0.25, 0.3) is 0 Å². The Labute approximate surface area is 117 Å². The van der Waals surface area contributed by atoms with Gasteiger partial charge in [-0.25, -0.2) is 9.97 Å². The van der Waals surface area contributed by atoms with Gasteiger partial charge in [-0.1, -0.05) is 17.7 Å². The average molecular weight is 265 g/mol. The van der Waals surface area contributed by atoms with Crippen molar-refractivity contribution < 1.29 is 0 Å². The number of benzene rings is 1. The maximum Gasteiger partial charge on any atom is 0.137 e. The Morgan fingerprint density at radius 2 is 1.85 bits per heavy atom. The summed E-state index contributed by atoms with van der Waals surface area (Å²) in [5.74, 6) is 0.806. The van der Waals surface area contributed by atoms with E-state index in [1.54, 1.807) is 12.5 Å². The monoisotopic (exact) mass is 265 g/mol. The minimum atomic E-state index is 0.806. The van der Waals surface area contributed by atoms with Crippen LogP contribution in [0.4, 0.5) is 11.5 Å². The molecule has 1 aromatic carbocycles. The molecule has 0 saturated heterocycles. The van der Waals surface area contributed by atoms with Crippen LogP contribution in [0.3, 0.4) is 0 Å². The highest BCUT2D eigenvalue weighted by molar-refractivity contribution is 5.69. The van der Waals surface area contributed by atoms with Crippen LogP contribution in [0.5, 0.6) is 0 Å². The van der Waals surface area contributed by atoms with Crippen LogP contribution >= 0.6 is 0 Å². The predicted molar refractivity (Wildman–Crippen MR) is 78.8 cm³/mol. The lowest BCUT2D eigenvalue weighted by atomic mass is 10.1. The molecular weight excluding hydrogens is 250 g/mol. The van der Waals surface area contributed by atoms with Gasteiger partial charge in [-0.3, -0.25) is 5.10 Å². The van der Waals surface area contributed by atoms with Gasteiger partial charge in [0.1, 0.15) is 12.1 Å². The van der Waals surface area contributed by atoms with Gasteiger partial charge in [0, 0.05) is 23.0 Å². The molecule has 100 valence electrons. The molecule has 0 saturated carbocycles. The molecule has 0 atom stereocenters. The van der Waals surface area contributed by atoms with Gasteiger partial charge < -0.3 is 5.32 Å². The van der Waals surface area contributed by atoms with Crippen LogP contribution in [-0.4, -0.2) is 20.2 Å². The van der Waals surface area contributed by atoms with E-state index in [0.717, 1.165) is 28.3 Å².